The first-order chi connectivity index (χ1) is 8.70. The van der Waals surface area contributed by atoms with Crippen LogP contribution in [-0.2, 0) is 4.74 Å². The average Bonchev–Trinajstić information content (AvgIpc) is 2.90. The number of halogens is 1. The molecule has 18 heavy (non-hydrogen) atoms. The van der Waals surface area contributed by atoms with Gasteiger partial charge in [-0.25, -0.2) is 4.79 Å². The van der Waals surface area contributed by atoms with E-state index >= 15 is 0 Å². The molecule has 1 aromatic carbocycles. The Balaban J connectivity index is 2.03. The van der Waals surface area contributed by atoms with Crippen molar-refractivity contribution < 1.29 is 9.53 Å². The number of hydrogen-bond donors (Lipinski definition) is 2. The van der Waals surface area contributed by atoms with Crippen LogP contribution in [-0.4, -0.2) is 32.2 Å². The van der Waals surface area contributed by atoms with Crippen LogP contribution in [0.15, 0.2) is 18.2 Å². The van der Waals surface area contributed by atoms with Crippen molar-refractivity contribution in [2.75, 3.05) is 25.5 Å². The SMILES string of the molecule is COC(=O)c1ccc(Cl)c(NCC2CCCN2)c1. The molecule has 5 heteroatoms. The zero-order valence-corrected chi connectivity index (χ0v) is 11.1. The third-order valence-corrected chi connectivity index (χ3v) is 3.42. The Morgan fingerprint density at radius 2 is 2.44 bits per heavy atom. The van der Waals surface area contributed by atoms with E-state index in [1.807, 2.05) is 0 Å². The van der Waals surface area contributed by atoms with Gasteiger partial charge in [0.15, 0.2) is 0 Å². The number of methoxy groups -OCH3 is 1. The fourth-order valence-corrected chi connectivity index (χ4v) is 2.25. The maximum atomic E-state index is 11.4. The summed E-state index contributed by atoms with van der Waals surface area (Å²) in [6.07, 6.45) is 2.38. The largest absolute Gasteiger partial charge is 0.465 e. The summed E-state index contributed by atoms with van der Waals surface area (Å²) in [6.45, 7) is 1.88. The molecule has 0 radical (unpaired) electrons. The zero-order valence-electron chi connectivity index (χ0n) is 10.3. The number of ether oxygens (including phenoxy) is 1. The minimum Gasteiger partial charge on any atom is -0.465 e. The van der Waals surface area contributed by atoms with Crippen molar-refractivity contribution in [3.8, 4) is 0 Å². The molecule has 1 fully saturated rings. The van der Waals surface area contributed by atoms with Crippen molar-refractivity contribution in [2.45, 2.75) is 18.9 Å². The second-order valence-corrected chi connectivity index (χ2v) is 4.77. The molecule has 1 saturated heterocycles. The van der Waals surface area contributed by atoms with E-state index in [9.17, 15) is 4.79 Å². The molecule has 98 valence electrons. The first-order valence-corrected chi connectivity index (χ1v) is 6.43. The maximum absolute atomic E-state index is 11.4. The summed E-state index contributed by atoms with van der Waals surface area (Å²) in [5, 5.41) is 7.28. The van der Waals surface area contributed by atoms with Crippen LogP contribution in [0.4, 0.5) is 5.69 Å². The van der Waals surface area contributed by atoms with E-state index in [-0.39, 0.29) is 5.97 Å². The molecule has 0 bridgehead atoms. The van der Waals surface area contributed by atoms with Gasteiger partial charge in [0.1, 0.15) is 0 Å². The molecule has 1 aromatic rings. The van der Waals surface area contributed by atoms with Crippen molar-refractivity contribution in [3.05, 3.63) is 28.8 Å². The standard InChI is InChI=1S/C13H17ClN2O2/c1-18-13(17)9-4-5-11(14)12(7-9)16-8-10-3-2-6-15-10/h4-5,7,10,15-16H,2-3,6,8H2,1H3. The fourth-order valence-electron chi connectivity index (χ4n) is 2.07. The first kappa shape index (κ1) is 13.2. The third kappa shape index (κ3) is 3.15. The number of carbonyl (C=O) groups is 1. The van der Waals surface area contributed by atoms with Crippen LogP contribution in [0.25, 0.3) is 0 Å². The first-order valence-electron chi connectivity index (χ1n) is 6.06. The van der Waals surface area contributed by atoms with Gasteiger partial charge in [-0.15, -0.1) is 0 Å². The van der Waals surface area contributed by atoms with E-state index in [1.165, 1.54) is 20.0 Å². The molecule has 2 rings (SSSR count). The van der Waals surface area contributed by atoms with Crippen LogP contribution in [0, 0.1) is 0 Å². The summed E-state index contributed by atoms with van der Waals surface area (Å²) in [4.78, 5) is 11.4. The summed E-state index contributed by atoms with van der Waals surface area (Å²) < 4.78 is 4.69. The third-order valence-electron chi connectivity index (χ3n) is 3.09. The van der Waals surface area contributed by atoms with E-state index in [0.29, 0.717) is 16.6 Å². The van der Waals surface area contributed by atoms with Crippen LogP contribution in [0.2, 0.25) is 5.02 Å². The Bertz CT molecular complexity index is 431. The maximum Gasteiger partial charge on any atom is 0.337 e. The molecule has 1 atom stereocenters. The van der Waals surface area contributed by atoms with Crippen LogP contribution >= 0.6 is 11.6 Å². The van der Waals surface area contributed by atoms with E-state index < -0.39 is 0 Å². The van der Waals surface area contributed by atoms with Gasteiger partial charge in [-0.2, -0.15) is 0 Å². The van der Waals surface area contributed by atoms with Gasteiger partial charge >= 0.3 is 5.97 Å². The Labute approximate surface area is 112 Å². The van der Waals surface area contributed by atoms with Gasteiger partial charge < -0.3 is 15.4 Å². The molecular weight excluding hydrogens is 252 g/mol. The number of anilines is 1. The van der Waals surface area contributed by atoms with E-state index in [0.717, 1.165) is 18.8 Å². The highest BCUT2D eigenvalue weighted by Gasteiger charge is 2.14. The molecule has 0 aromatic heterocycles. The smallest absolute Gasteiger partial charge is 0.337 e. The van der Waals surface area contributed by atoms with Crippen LogP contribution in [0.5, 0.6) is 0 Å². The molecular formula is C13H17ClN2O2. The second kappa shape index (κ2) is 6.07. The van der Waals surface area contributed by atoms with Crippen molar-refractivity contribution >= 4 is 23.3 Å². The van der Waals surface area contributed by atoms with Crippen molar-refractivity contribution in [1.29, 1.82) is 0 Å². The topological polar surface area (TPSA) is 50.4 Å². The van der Waals surface area contributed by atoms with Gasteiger partial charge in [0.25, 0.3) is 0 Å². The highest BCUT2D eigenvalue weighted by molar-refractivity contribution is 6.33. The number of carbonyl (C=O) groups excluding carboxylic acids is 1. The van der Waals surface area contributed by atoms with Gasteiger partial charge in [-0.1, -0.05) is 11.6 Å². The Kier molecular flexibility index (Phi) is 4.44. The summed E-state index contributed by atoms with van der Waals surface area (Å²) in [5.74, 6) is -0.353. The Morgan fingerprint density at radius 1 is 1.61 bits per heavy atom. The summed E-state index contributed by atoms with van der Waals surface area (Å²) in [5.41, 5.74) is 1.28. The summed E-state index contributed by atoms with van der Waals surface area (Å²) in [6, 6.07) is 5.57. The monoisotopic (exact) mass is 268 g/mol. The van der Waals surface area contributed by atoms with Gasteiger partial charge in [0, 0.05) is 12.6 Å². The van der Waals surface area contributed by atoms with Gasteiger partial charge in [0.2, 0.25) is 0 Å². The quantitative estimate of drug-likeness (QED) is 0.823. The Morgan fingerprint density at radius 3 is 3.11 bits per heavy atom. The second-order valence-electron chi connectivity index (χ2n) is 4.36. The highest BCUT2D eigenvalue weighted by Crippen LogP contribution is 2.23. The molecule has 0 amide bonds. The molecule has 1 aliphatic heterocycles. The van der Waals surface area contributed by atoms with Crippen LogP contribution in [0.1, 0.15) is 23.2 Å². The number of hydrogen-bond acceptors (Lipinski definition) is 4. The van der Waals surface area contributed by atoms with Crippen molar-refractivity contribution in [1.82, 2.24) is 5.32 Å². The van der Waals surface area contributed by atoms with Gasteiger partial charge in [-0.3, -0.25) is 0 Å². The lowest BCUT2D eigenvalue weighted by molar-refractivity contribution is 0.0601. The Hall–Kier alpha value is -1.26. The predicted molar refractivity (Wildman–Crippen MR) is 72.3 cm³/mol. The van der Waals surface area contributed by atoms with Gasteiger partial charge in [-0.05, 0) is 37.6 Å². The number of rotatable bonds is 4. The number of esters is 1. The molecule has 4 nitrogen and oxygen atoms in total. The molecule has 0 saturated carbocycles. The highest BCUT2D eigenvalue weighted by atomic mass is 35.5. The summed E-state index contributed by atoms with van der Waals surface area (Å²) in [7, 11) is 1.37. The molecule has 1 unspecified atom stereocenters. The van der Waals surface area contributed by atoms with Gasteiger partial charge in [0.05, 0.1) is 23.4 Å². The number of nitrogens with one attached hydrogen (secondary N) is 2. The number of benzene rings is 1. The predicted octanol–water partition coefficient (Wildman–Crippen LogP) is 2.29. The minimum absolute atomic E-state index is 0.353. The molecule has 0 aliphatic carbocycles. The molecule has 0 spiro atoms. The zero-order chi connectivity index (χ0) is 13.0. The summed E-state index contributed by atoms with van der Waals surface area (Å²) >= 11 is 6.09. The normalized spacial score (nSPS) is 18.7. The molecule has 2 N–H and O–H groups in total. The van der Waals surface area contributed by atoms with E-state index in [2.05, 4.69) is 15.4 Å². The van der Waals surface area contributed by atoms with Crippen molar-refractivity contribution in [3.63, 3.8) is 0 Å². The van der Waals surface area contributed by atoms with Crippen LogP contribution in [0.3, 0.4) is 0 Å². The fraction of sp³-hybridized carbons (Fsp3) is 0.462. The van der Waals surface area contributed by atoms with Crippen LogP contribution < -0.4 is 10.6 Å². The lowest BCUT2D eigenvalue weighted by Gasteiger charge is -2.14. The lowest BCUT2D eigenvalue weighted by Crippen LogP contribution is -2.29. The van der Waals surface area contributed by atoms with E-state index in [4.69, 9.17) is 11.6 Å². The van der Waals surface area contributed by atoms with E-state index in [1.54, 1.807) is 18.2 Å². The molecule has 1 heterocycles. The van der Waals surface area contributed by atoms with Crippen molar-refractivity contribution in [2.24, 2.45) is 0 Å². The minimum atomic E-state index is -0.353. The molecule has 1 aliphatic rings. The average molecular weight is 269 g/mol. The lowest BCUT2D eigenvalue weighted by atomic mass is 10.2.